The Morgan fingerprint density at radius 3 is 2.37 bits per heavy atom. The Kier molecular flexibility index (Phi) is 6.47. The van der Waals surface area contributed by atoms with Crippen molar-refractivity contribution in [3.63, 3.8) is 0 Å². The summed E-state index contributed by atoms with van der Waals surface area (Å²) in [6.07, 6.45) is 1.14. The number of alkyl carbamates (subject to hydrolysis) is 1. The average Bonchev–Trinajstić information content (AvgIpc) is 3.50. The zero-order chi connectivity index (χ0) is 24.4. The first-order chi connectivity index (χ1) is 17.0. The highest BCUT2D eigenvalue weighted by atomic mass is 16.5. The molecule has 8 nitrogen and oxygen atoms in total. The molecule has 8 heteroatoms. The number of nitrogens with zero attached hydrogens (tertiary/aromatic N) is 1. The fourth-order valence-corrected chi connectivity index (χ4v) is 5.61. The second-order valence-corrected chi connectivity index (χ2v) is 9.69. The minimum atomic E-state index is -0.906. The molecule has 0 aromatic heterocycles. The van der Waals surface area contributed by atoms with E-state index < -0.39 is 23.4 Å². The number of hydrogen-bond donors (Lipinski definition) is 2. The van der Waals surface area contributed by atoms with Crippen molar-refractivity contribution in [1.82, 2.24) is 10.2 Å². The molecule has 2 amide bonds. The maximum Gasteiger partial charge on any atom is 0.407 e. The summed E-state index contributed by atoms with van der Waals surface area (Å²) in [5.41, 5.74) is 3.68. The molecule has 2 aromatic carbocycles. The number of carbonyl (C=O) groups excluding carboxylic acids is 2. The fourth-order valence-electron chi connectivity index (χ4n) is 5.61. The molecule has 2 atom stereocenters. The van der Waals surface area contributed by atoms with Crippen LogP contribution in [0.2, 0.25) is 0 Å². The molecule has 0 radical (unpaired) electrons. The second-order valence-electron chi connectivity index (χ2n) is 9.69. The lowest BCUT2D eigenvalue weighted by molar-refractivity contribution is -0.149. The van der Waals surface area contributed by atoms with E-state index in [4.69, 9.17) is 9.47 Å². The first-order valence-electron chi connectivity index (χ1n) is 12.2. The third-order valence-corrected chi connectivity index (χ3v) is 7.52. The van der Waals surface area contributed by atoms with E-state index in [0.29, 0.717) is 32.4 Å². The van der Waals surface area contributed by atoms with Crippen molar-refractivity contribution in [2.75, 3.05) is 39.5 Å². The normalized spacial score (nSPS) is 23.4. The summed E-state index contributed by atoms with van der Waals surface area (Å²) in [4.78, 5) is 39.1. The van der Waals surface area contributed by atoms with Crippen LogP contribution in [0.25, 0.3) is 11.1 Å². The molecule has 2 aliphatic heterocycles. The number of likely N-dealkylation sites (tertiary alicyclic amines) is 1. The van der Waals surface area contributed by atoms with Crippen LogP contribution in [0.5, 0.6) is 0 Å². The highest BCUT2D eigenvalue weighted by Gasteiger charge is 2.45. The van der Waals surface area contributed by atoms with Crippen molar-refractivity contribution in [1.29, 1.82) is 0 Å². The second kappa shape index (κ2) is 9.70. The minimum absolute atomic E-state index is 0.0423. The lowest BCUT2D eigenvalue weighted by Crippen LogP contribution is -2.53. The van der Waals surface area contributed by atoms with Crippen molar-refractivity contribution in [2.45, 2.75) is 25.2 Å². The van der Waals surface area contributed by atoms with Crippen LogP contribution in [0.4, 0.5) is 4.79 Å². The zero-order valence-electron chi connectivity index (χ0n) is 19.6. The Hall–Kier alpha value is -3.39. The van der Waals surface area contributed by atoms with Crippen LogP contribution in [-0.2, 0) is 19.1 Å². The predicted octanol–water partition coefficient (Wildman–Crippen LogP) is 3.26. The lowest BCUT2D eigenvalue weighted by atomic mass is 9.81. The van der Waals surface area contributed by atoms with Gasteiger partial charge >= 0.3 is 12.1 Å². The maximum absolute atomic E-state index is 13.4. The number of aliphatic carboxylic acids is 1. The van der Waals surface area contributed by atoms with Crippen molar-refractivity contribution < 1.29 is 29.0 Å². The van der Waals surface area contributed by atoms with Crippen molar-refractivity contribution in [3.05, 3.63) is 59.7 Å². The molecule has 35 heavy (non-hydrogen) atoms. The number of ether oxygens (including phenoxy) is 2. The van der Waals surface area contributed by atoms with Gasteiger partial charge in [0.05, 0.1) is 17.9 Å². The standard InChI is InChI=1S/C27H30N2O6/c30-24(31)18-10-12-29(14-18)25(32)27(11-5-13-34-17-27)16-28-26(33)35-15-23-21-8-3-1-6-19(21)20-7-2-4-9-22(20)23/h1-4,6-9,18,23H,5,10-17H2,(H,28,33)(H,30,31). The SMILES string of the molecule is O=C(NCC1(C(=O)N2CCC(C(=O)O)C2)CCCOC1)OCC1c2ccccc2-c2ccccc21. The highest BCUT2D eigenvalue weighted by Crippen LogP contribution is 2.44. The van der Waals surface area contributed by atoms with Crippen LogP contribution in [0.15, 0.2) is 48.5 Å². The number of benzene rings is 2. The van der Waals surface area contributed by atoms with E-state index >= 15 is 0 Å². The van der Waals surface area contributed by atoms with E-state index in [1.54, 1.807) is 4.90 Å². The van der Waals surface area contributed by atoms with E-state index in [1.165, 1.54) is 0 Å². The first kappa shape index (κ1) is 23.4. The molecule has 2 N–H and O–H groups in total. The van der Waals surface area contributed by atoms with Gasteiger partial charge in [0, 0.05) is 32.2 Å². The summed E-state index contributed by atoms with van der Waals surface area (Å²) in [6.45, 7) is 1.66. The third kappa shape index (κ3) is 4.50. The van der Waals surface area contributed by atoms with Crippen LogP contribution < -0.4 is 5.32 Å². The number of hydrogen-bond acceptors (Lipinski definition) is 5. The van der Waals surface area contributed by atoms with Crippen LogP contribution in [-0.4, -0.2) is 67.4 Å². The Balaban J connectivity index is 1.23. The summed E-state index contributed by atoms with van der Waals surface area (Å²) in [6, 6.07) is 16.3. The summed E-state index contributed by atoms with van der Waals surface area (Å²) in [5.74, 6) is -1.62. The van der Waals surface area contributed by atoms with Gasteiger partial charge in [-0.05, 0) is 41.5 Å². The van der Waals surface area contributed by atoms with Gasteiger partial charge in [0.1, 0.15) is 6.61 Å². The van der Waals surface area contributed by atoms with E-state index in [-0.39, 0.29) is 38.1 Å². The summed E-state index contributed by atoms with van der Waals surface area (Å²) < 4.78 is 11.3. The zero-order valence-corrected chi connectivity index (χ0v) is 19.6. The minimum Gasteiger partial charge on any atom is -0.481 e. The molecule has 0 spiro atoms. The number of rotatable bonds is 6. The Morgan fingerprint density at radius 1 is 1.09 bits per heavy atom. The molecule has 2 heterocycles. The third-order valence-electron chi connectivity index (χ3n) is 7.52. The maximum atomic E-state index is 13.4. The molecule has 2 saturated heterocycles. The topological polar surface area (TPSA) is 105 Å². The number of carboxylic acid groups (broad SMARTS) is 1. The summed E-state index contributed by atoms with van der Waals surface area (Å²) >= 11 is 0. The van der Waals surface area contributed by atoms with Crippen LogP contribution >= 0.6 is 0 Å². The number of amides is 2. The first-order valence-corrected chi connectivity index (χ1v) is 12.2. The van der Waals surface area contributed by atoms with Gasteiger partial charge in [-0.1, -0.05) is 48.5 Å². The van der Waals surface area contributed by atoms with E-state index in [0.717, 1.165) is 22.3 Å². The van der Waals surface area contributed by atoms with Gasteiger partial charge in [0.25, 0.3) is 0 Å². The summed E-state index contributed by atoms with van der Waals surface area (Å²) in [5, 5.41) is 12.1. The molecular weight excluding hydrogens is 448 g/mol. The van der Waals surface area contributed by atoms with Crippen molar-refractivity contribution in [3.8, 4) is 11.1 Å². The van der Waals surface area contributed by atoms with Crippen molar-refractivity contribution >= 4 is 18.0 Å². The lowest BCUT2D eigenvalue weighted by Gasteiger charge is -2.38. The Labute approximate surface area is 204 Å². The average molecular weight is 479 g/mol. The van der Waals surface area contributed by atoms with Gasteiger partial charge in [-0.15, -0.1) is 0 Å². The molecule has 1 aliphatic carbocycles. The molecular formula is C27H30N2O6. The molecule has 2 unspecified atom stereocenters. The number of fused-ring (bicyclic) bond motifs is 3. The Bertz CT molecular complexity index is 1080. The van der Waals surface area contributed by atoms with Gasteiger partial charge < -0.3 is 24.8 Å². The van der Waals surface area contributed by atoms with Gasteiger partial charge in [0.15, 0.2) is 0 Å². The highest BCUT2D eigenvalue weighted by molar-refractivity contribution is 5.85. The number of nitrogens with one attached hydrogen (secondary N) is 1. The van der Waals surface area contributed by atoms with E-state index in [1.807, 2.05) is 24.3 Å². The van der Waals surface area contributed by atoms with Gasteiger partial charge in [-0.25, -0.2) is 4.79 Å². The van der Waals surface area contributed by atoms with Crippen molar-refractivity contribution in [2.24, 2.45) is 11.3 Å². The number of carboxylic acids is 1. The van der Waals surface area contributed by atoms with Gasteiger partial charge in [-0.2, -0.15) is 0 Å². The van der Waals surface area contributed by atoms with Crippen LogP contribution in [0.1, 0.15) is 36.3 Å². The molecule has 2 aromatic rings. The fraction of sp³-hybridized carbons (Fsp3) is 0.444. The molecule has 5 rings (SSSR count). The largest absolute Gasteiger partial charge is 0.481 e. The van der Waals surface area contributed by atoms with Gasteiger partial charge in [-0.3, -0.25) is 9.59 Å². The molecule has 0 saturated carbocycles. The summed E-state index contributed by atoms with van der Waals surface area (Å²) in [7, 11) is 0. The van der Waals surface area contributed by atoms with E-state index in [2.05, 4.69) is 29.6 Å². The predicted molar refractivity (Wildman–Crippen MR) is 128 cm³/mol. The molecule has 2 fully saturated rings. The molecule has 3 aliphatic rings. The smallest absolute Gasteiger partial charge is 0.407 e. The van der Waals surface area contributed by atoms with Crippen LogP contribution in [0, 0.1) is 11.3 Å². The molecule has 184 valence electrons. The monoisotopic (exact) mass is 478 g/mol. The Morgan fingerprint density at radius 2 is 1.77 bits per heavy atom. The van der Waals surface area contributed by atoms with Crippen LogP contribution in [0.3, 0.4) is 0 Å². The van der Waals surface area contributed by atoms with E-state index in [9.17, 15) is 19.5 Å². The van der Waals surface area contributed by atoms with Gasteiger partial charge in [0.2, 0.25) is 5.91 Å². The number of carbonyl (C=O) groups is 3. The molecule has 0 bridgehead atoms. The quantitative estimate of drug-likeness (QED) is 0.660.